The second-order valence-corrected chi connectivity index (χ2v) is 7.65. The molecule has 1 saturated carbocycles. The van der Waals surface area contributed by atoms with Crippen LogP contribution in [0.2, 0.25) is 0 Å². The van der Waals surface area contributed by atoms with E-state index in [1.54, 1.807) is 0 Å². The average Bonchev–Trinajstić information content (AvgIpc) is 2.97. The van der Waals surface area contributed by atoms with E-state index >= 15 is 0 Å². The number of hydrogen-bond acceptors (Lipinski definition) is 2. The SMILES string of the molecule is CC(C)C1CNC(C2CC2)CN1CC(C)(C)C. The highest BCUT2D eigenvalue weighted by Gasteiger charge is 2.38. The Morgan fingerprint density at radius 2 is 1.88 bits per heavy atom. The zero-order chi connectivity index (χ0) is 12.6. The van der Waals surface area contributed by atoms with Crippen LogP contribution < -0.4 is 5.32 Å². The quantitative estimate of drug-likeness (QED) is 0.813. The van der Waals surface area contributed by atoms with Crippen LogP contribution >= 0.6 is 0 Å². The third-order valence-corrected chi connectivity index (χ3v) is 4.13. The molecule has 1 heterocycles. The standard InChI is InChI=1S/C15H30N2/c1-11(2)14-8-16-13(12-6-7-12)9-17(14)10-15(3,4)5/h11-14,16H,6-10H2,1-5H3. The lowest BCUT2D eigenvalue weighted by atomic mass is 9.91. The number of nitrogens with one attached hydrogen (secondary N) is 1. The van der Waals surface area contributed by atoms with E-state index in [2.05, 4.69) is 44.8 Å². The van der Waals surface area contributed by atoms with Crippen LogP contribution in [0, 0.1) is 17.3 Å². The van der Waals surface area contributed by atoms with Gasteiger partial charge in [-0.3, -0.25) is 4.90 Å². The molecule has 2 fully saturated rings. The van der Waals surface area contributed by atoms with Crippen molar-refractivity contribution in [2.45, 2.75) is 59.5 Å². The van der Waals surface area contributed by atoms with E-state index in [4.69, 9.17) is 0 Å². The Labute approximate surface area is 107 Å². The van der Waals surface area contributed by atoms with Crippen LogP contribution in [0.15, 0.2) is 0 Å². The fraction of sp³-hybridized carbons (Fsp3) is 1.00. The predicted octanol–water partition coefficient (Wildman–Crippen LogP) is 2.74. The van der Waals surface area contributed by atoms with Gasteiger partial charge in [-0.2, -0.15) is 0 Å². The summed E-state index contributed by atoms with van der Waals surface area (Å²) in [6, 6.07) is 1.50. The first-order chi connectivity index (χ1) is 7.87. The van der Waals surface area contributed by atoms with Gasteiger partial charge in [0.25, 0.3) is 0 Å². The minimum Gasteiger partial charge on any atom is -0.311 e. The third kappa shape index (κ3) is 3.69. The Hall–Kier alpha value is -0.0800. The Morgan fingerprint density at radius 1 is 1.24 bits per heavy atom. The summed E-state index contributed by atoms with van der Waals surface area (Å²) in [4.78, 5) is 2.75. The highest BCUT2D eigenvalue weighted by molar-refractivity contribution is 4.96. The van der Waals surface area contributed by atoms with Crippen LogP contribution in [0.3, 0.4) is 0 Å². The van der Waals surface area contributed by atoms with Crippen LogP contribution in [-0.2, 0) is 0 Å². The van der Waals surface area contributed by atoms with Crippen LogP contribution in [0.5, 0.6) is 0 Å². The Balaban J connectivity index is 1.98. The van der Waals surface area contributed by atoms with Crippen LogP contribution in [0.1, 0.15) is 47.5 Å². The van der Waals surface area contributed by atoms with E-state index in [1.165, 1.54) is 32.5 Å². The van der Waals surface area contributed by atoms with Gasteiger partial charge in [-0.15, -0.1) is 0 Å². The maximum atomic E-state index is 3.79. The Bertz CT molecular complexity index is 250. The molecule has 2 rings (SSSR count). The van der Waals surface area contributed by atoms with Gasteiger partial charge in [-0.1, -0.05) is 34.6 Å². The fourth-order valence-corrected chi connectivity index (χ4v) is 3.12. The van der Waals surface area contributed by atoms with Gasteiger partial charge in [0, 0.05) is 31.7 Å². The Kier molecular flexibility index (Phi) is 3.84. The van der Waals surface area contributed by atoms with Crippen molar-refractivity contribution < 1.29 is 0 Å². The summed E-state index contributed by atoms with van der Waals surface area (Å²) < 4.78 is 0. The van der Waals surface area contributed by atoms with E-state index in [0.29, 0.717) is 5.41 Å². The molecule has 0 spiro atoms. The van der Waals surface area contributed by atoms with Crippen molar-refractivity contribution in [1.82, 2.24) is 10.2 Å². The minimum absolute atomic E-state index is 0.415. The molecule has 1 aliphatic heterocycles. The second-order valence-electron chi connectivity index (χ2n) is 7.65. The second kappa shape index (κ2) is 4.89. The van der Waals surface area contributed by atoms with Gasteiger partial charge in [-0.25, -0.2) is 0 Å². The highest BCUT2D eigenvalue weighted by atomic mass is 15.2. The van der Waals surface area contributed by atoms with Crippen LogP contribution in [-0.4, -0.2) is 36.6 Å². The molecule has 2 unspecified atom stereocenters. The lowest BCUT2D eigenvalue weighted by Gasteiger charge is -2.45. The number of piperazine rings is 1. The largest absolute Gasteiger partial charge is 0.311 e. The first-order valence-corrected chi connectivity index (χ1v) is 7.34. The highest BCUT2D eigenvalue weighted by Crippen LogP contribution is 2.35. The number of nitrogens with zero attached hydrogens (tertiary/aromatic N) is 1. The molecule has 0 aromatic rings. The van der Waals surface area contributed by atoms with Gasteiger partial charge < -0.3 is 5.32 Å². The van der Waals surface area contributed by atoms with Crippen LogP contribution in [0.4, 0.5) is 0 Å². The molecule has 17 heavy (non-hydrogen) atoms. The van der Waals surface area contributed by atoms with E-state index < -0.39 is 0 Å². The summed E-state index contributed by atoms with van der Waals surface area (Å²) in [5.41, 5.74) is 0.415. The van der Waals surface area contributed by atoms with E-state index in [9.17, 15) is 0 Å². The van der Waals surface area contributed by atoms with E-state index in [1.807, 2.05) is 0 Å². The molecule has 2 aliphatic rings. The van der Waals surface area contributed by atoms with E-state index in [-0.39, 0.29) is 0 Å². The summed E-state index contributed by atoms with van der Waals surface area (Å²) in [5.74, 6) is 1.73. The molecule has 100 valence electrons. The monoisotopic (exact) mass is 238 g/mol. The fourth-order valence-electron chi connectivity index (χ4n) is 3.12. The van der Waals surface area contributed by atoms with Crippen molar-refractivity contribution in [1.29, 1.82) is 0 Å². The molecule has 1 aliphatic carbocycles. The Morgan fingerprint density at radius 3 is 2.35 bits per heavy atom. The maximum Gasteiger partial charge on any atom is 0.0244 e. The smallest absolute Gasteiger partial charge is 0.0244 e. The number of rotatable bonds is 3. The van der Waals surface area contributed by atoms with Crippen molar-refractivity contribution in [3.63, 3.8) is 0 Å². The summed E-state index contributed by atoms with van der Waals surface area (Å²) in [5, 5.41) is 3.79. The molecule has 0 amide bonds. The summed E-state index contributed by atoms with van der Waals surface area (Å²) in [7, 11) is 0. The van der Waals surface area contributed by atoms with Gasteiger partial charge in [-0.05, 0) is 30.1 Å². The molecule has 1 saturated heterocycles. The first-order valence-electron chi connectivity index (χ1n) is 7.34. The van der Waals surface area contributed by atoms with Gasteiger partial charge in [0.15, 0.2) is 0 Å². The summed E-state index contributed by atoms with van der Waals surface area (Å²) >= 11 is 0. The van der Waals surface area contributed by atoms with Gasteiger partial charge in [0.1, 0.15) is 0 Å². The van der Waals surface area contributed by atoms with E-state index in [0.717, 1.165) is 23.9 Å². The predicted molar refractivity (Wildman–Crippen MR) is 74.2 cm³/mol. The molecular weight excluding hydrogens is 208 g/mol. The van der Waals surface area contributed by atoms with Gasteiger partial charge in [0.2, 0.25) is 0 Å². The van der Waals surface area contributed by atoms with Crippen molar-refractivity contribution in [2.24, 2.45) is 17.3 Å². The van der Waals surface area contributed by atoms with Crippen molar-refractivity contribution in [3.05, 3.63) is 0 Å². The zero-order valence-electron chi connectivity index (χ0n) is 12.3. The first kappa shape index (κ1) is 13.4. The van der Waals surface area contributed by atoms with Crippen molar-refractivity contribution in [3.8, 4) is 0 Å². The molecule has 2 heteroatoms. The van der Waals surface area contributed by atoms with Crippen molar-refractivity contribution in [2.75, 3.05) is 19.6 Å². The van der Waals surface area contributed by atoms with Crippen molar-refractivity contribution >= 4 is 0 Å². The summed E-state index contributed by atoms with van der Waals surface area (Å²) in [6.45, 7) is 15.5. The molecule has 2 nitrogen and oxygen atoms in total. The summed E-state index contributed by atoms with van der Waals surface area (Å²) in [6.07, 6.45) is 2.90. The third-order valence-electron chi connectivity index (χ3n) is 4.13. The normalized spacial score (nSPS) is 32.1. The maximum absolute atomic E-state index is 3.79. The topological polar surface area (TPSA) is 15.3 Å². The lowest BCUT2D eigenvalue weighted by Crippen LogP contribution is -2.60. The molecule has 0 bridgehead atoms. The lowest BCUT2D eigenvalue weighted by molar-refractivity contribution is 0.0610. The molecular formula is C15H30N2. The molecule has 2 atom stereocenters. The van der Waals surface area contributed by atoms with Gasteiger partial charge >= 0.3 is 0 Å². The number of hydrogen-bond donors (Lipinski definition) is 1. The molecule has 0 aromatic heterocycles. The van der Waals surface area contributed by atoms with Crippen LogP contribution in [0.25, 0.3) is 0 Å². The average molecular weight is 238 g/mol. The minimum atomic E-state index is 0.415. The molecule has 0 aromatic carbocycles. The van der Waals surface area contributed by atoms with Gasteiger partial charge in [0.05, 0.1) is 0 Å². The zero-order valence-corrected chi connectivity index (χ0v) is 12.3. The molecule has 1 N–H and O–H groups in total. The molecule has 0 radical (unpaired) electrons.